The highest BCUT2D eigenvalue weighted by atomic mass is 35.5. The molecule has 0 fully saturated rings. The first-order valence-corrected chi connectivity index (χ1v) is 5.85. The number of nitrogens with two attached hydrogens (primary N) is 1. The third kappa shape index (κ3) is 2.43. The van der Waals surface area contributed by atoms with E-state index in [1.165, 1.54) is 0 Å². The summed E-state index contributed by atoms with van der Waals surface area (Å²) in [5.41, 5.74) is 8.34. The number of aromatic nitrogens is 2. The van der Waals surface area contributed by atoms with Crippen LogP contribution in [0.5, 0.6) is 0 Å². The molecule has 90 valence electrons. The van der Waals surface area contributed by atoms with Crippen LogP contribution in [0, 0.1) is 6.92 Å². The Labute approximate surface area is 105 Å². The summed E-state index contributed by atoms with van der Waals surface area (Å²) in [5, 5.41) is 8.23. The molecule has 4 nitrogen and oxygen atoms in total. The van der Waals surface area contributed by atoms with E-state index in [1.807, 2.05) is 35.9 Å². The van der Waals surface area contributed by atoms with Crippen molar-refractivity contribution < 1.29 is 0 Å². The number of halogens is 1. The van der Waals surface area contributed by atoms with Crippen molar-refractivity contribution in [1.82, 2.24) is 9.78 Å². The largest absolute Gasteiger partial charge is 0.381 e. The number of benzene rings is 1. The molecule has 1 aromatic carbocycles. The van der Waals surface area contributed by atoms with Crippen molar-refractivity contribution in [3.05, 3.63) is 41.2 Å². The first kappa shape index (κ1) is 12.0. The molecule has 3 N–H and O–H groups in total. The van der Waals surface area contributed by atoms with Gasteiger partial charge < -0.3 is 11.1 Å². The molecule has 2 aromatic rings. The fraction of sp³-hybridized carbons (Fsp3) is 0.250. The monoisotopic (exact) mass is 250 g/mol. The molecule has 0 atom stereocenters. The molecular formula is C12H15ClN4. The number of nitrogens with zero attached hydrogens (tertiary/aromatic N) is 2. The molecule has 0 aliphatic carbocycles. The number of hydrogen-bond acceptors (Lipinski definition) is 3. The highest BCUT2D eigenvalue weighted by Gasteiger charge is 2.09. The van der Waals surface area contributed by atoms with Crippen LogP contribution in [0.4, 0.5) is 5.69 Å². The Morgan fingerprint density at radius 1 is 1.41 bits per heavy atom. The number of rotatable bonds is 4. The summed E-state index contributed by atoms with van der Waals surface area (Å²) >= 11 is 6.14. The van der Waals surface area contributed by atoms with E-state index in [0.717, 1.165) is 23.6 Å². The van der Waals surface area contributed by atoms with E-state index in [0.29, 0.717) is 11.6 Å². The Morgan fingerprint density at radius 3 is 2.88 bits per heavy atom. The molecule has 0 amide bonds. The van der Waals surface area contributed by atoms with E-state index in [4.69, 9.17) is 17.3 Å². The second-order valence-electron chi connectivity index (χ2n) is 3.72. The van der Waals surface area contributed by atoms with Crippen molar-refractivity contribution in [2.75, 3.05) is 18.4 Å². The van der Waals surface area contributed by atoms with Crippen LogP contribution in [0.3, 0.4) is 0 Å². The molecule has 0 aliphatic rings. The van der Waals surface area contributed by atoms with Crippen molar-refractivity contribution in [2.24, 2.45) is 5.73 Å². The van der Waals surface area contributed by atoms with Crippen LogP contribution in [-0.4, -0.2) is 22.9 Å². The van der Waals surface area contributed by atoms with Gasteiger partial charge in [0.25, 0.3) is 0 Å². The number of hydrogen-bond donors (Lipinski definition) is 2. The molecule has 0 saturated heterocycles. The Hall–Kier alpha value is -1.52. The fourth-order valence-electron chi connectivity index (χ4n) is 1.66. The molecule has 1 aromatic heterocycles. The van der Waals surface area contributed by atoms with Gasteiger partial charge >= 0.3 is 0 Å². The average molecular weight is 251 g/mol. The maximum absolute atomic E-state index is 6.14. The van der Waals surface area contributed by atoms with Crippen LogP contribution in [0.25, 0.3) is 5.69 Å². The maximum Gasteiger partial charge on any atom is 0.0835 e. The lowest BCUT2D eigenvalue weighted by Crippen LogP contribution is -2.13. The lowest BCUT2D eigenvalue weighted by Gasteiger charge is -2.08. The van der Waals surface area contributed by atoms with E-state index < -0.39 is 0 Å². The van der Waals surface area contributed by atoms with Gasteiger partial charge in [0.15, 0.2) is 0 Å². The second kappa shape index (κ2) is 5.21. The van der Waals surface area contributed by atoms with Crippen LogP contribution in [0.15, 0.2) is 30.5 Å². The standard InChI is InChI=1S/C12H15ClN4/c1-9-11(15-7-6-14)8-16-17(9)12-5-3-2-4-10(12)13/h2-5,8,15H,6-7,14H2,1H3. The van der Waals surface area contributed by atoms with Gasteiger partial charge in [-0.15, -0.1) is 0 Å². The summed E-state index contributed by atoms with van der Waals surface area (Å²) in [7, 11) is 0. The van der Waals surface area contributed by atoms with E-state index >= 15 is 0 Å². The quantitative estimate of drug-likeness (QED) is 0.875. The lowest BCUT2D eigenvalue weighted by atomic mass is 10.3. The van der Waals surface area contributed by atoms with Crippen molar-refractivity contribution in [3.8, 4) is 5.69 Å². The molecule has 0 unspecified atom stereocenters. The maximum atomic E-state index is 6.14. The van der Waals surface area contributed by atoms with Gasteiger partial charge in [0.1, 0.15) is 0 Å². The molecule has 0 saturated carbocycles. The van der Waals surface area contributed by atoms with Crippen LogP contribution < -0.4 is 11.1 Å². The summed E-state index contributed by atoms with van der Waals surface area (Å²) in [6.07, 6.45) is 1.79. The molecule has 0 spiro atoms. The number of nitrogens with one attached hydrogen (secondary N) is 1. The van der Waals surface area contributed by atoms with Gasteiger partial charge in [0.2, 0.25) is 0 Å². The Kier molecular flexibility index (Phi) is 3.66. The van der Waals surface area contributed by atoms with Gasteiger partial charge in [0, 0.05) is 13.1 Å². The zero-order valence-electron chi connectivity index (χ0n) is 9.65. The van der Waals surface area contributed by atoms with Gasteiger partial charge in [-0.25, -0.2) is 4.68 Å². The molecule has 0 aliphatic heterocycles. The van der Waals surface area contributed by atoms with Gasteiger partial charge in [-0.1, -0.05) is 23.7 Å². The number of para-hydroxylation sites is 1. The minimum Gasteiger partial charge on any atom is -0.381 e. The molecule has 1 heterocycles. The van der Waals surface area contributed by atoms with E-state index in [-0.39, 0.29) is 0 Å². The van der Waals surface area contributed by atoms with E-state index in [9.17, 15) is 0 Å². The molecule has 17 heavy (non-hydrogen) atoms. The third-order valence-corrected chi connectivity index (χ3v) is 2.87. The SMILES string of the molecule is Cc1c(NCCN)cnn1-c1ccccc1Cl. The minimum absolute atomic E-state index is 0.594. The fourth-order valence-corrected chi connectivity index (χ4v) is 1.87. The summed E-state index contributed by atoms with van der Waals surface area (Å²) in [5.74, 6) is 0. The van der Waals surface area contributed by atoms with Crippen LogP contribution >= 0.6 is 11.6 Å². The van der Waals surface area contributed by atoms with Gasteiger partial charge in [-0.05, 0) is 19.1 Å². The molecule has 0 bridgehead atoms. The van der Waals surface area contributed by atoms with Crippen molar-refractivity contribution >= 4 is 17.3 Å². The van der Waals surface area contributed by atoms with Gasteiger partial charge in [-0.3, -0.25) is 0 Å². The first-order valence-electron chi connectivity index (χ1n) is 5.47. The molecule has 2 rings (SSSR count). The highest BCUT2D eigenvalue weighted by molar-refractivity contribution is 6.32. The predicted octanol–water partition coefficient (Wildman–Crippen LogP) is 2.20. The zero-order chi connectivity index (χ0) is 12.3. The first-order chi connectivity index (χ1) is 8.24. The third-order valence-electron chi connectivity index (χ3n) is 2.55. The average Bonchev–Trinajstić information content (AvgIpc) is 2.69. The Bertz CT molecular complexity index is 507. The minimum atomic E-state index is 0.594. The normalized spacial score (nSPS) is 10.5. The van der Waals surface area contributed by atoms with E-state index in [2.05, 4.69) is 10.4 Å². The smallest absolute Gasteiger partial charge is 0.0835 e. The number of anilines is 1. The van der Waals surface area contributed by atoms with Crippen LogP contribution in [-0.2, 0) is 0 Å². The second-order valence-corrected chi connectivity index (χ2v) is 4.13. The van der Waals surface area contributed by atoms with Gasteiger partial charge in [0.05, 0.1) is 28.3 Å². The van der Waals surface area contributed by atoms with Crippen molar-refractivity contribution in [1.29, 1.82) is 0 Å². The summed E-state index contributed by atoms with van der Waals surface area (Å²) in [6.45, 7) is 3.32. The molecular weight excluding hydrogens is 236 g/mol. The lowest BCUT2D eigenvalue weighted by molar-refractivity contribution is 0.847. The van der Waals surface area contributed by atoms with Crippen LogP contribution in [0.2, 0.25) is 5.02 Å². The van der Waals surface area contributed by atoms with Gasteiger partial charge in [-0.2, -0.15) is 5.10 Å². The summed E-state index contributed by atoms with van der Waals surface area (Å²) < 4.78 is 1.82. The Morgan fingerprint density at radius 2 is 2.18 bits per heavy atom. The zero-order valence-corrected chi connectivity index (χ0v) is 10.4. The van der Waals surface area contributed by atoms with Crippen molar-refractivity contribution in [2.45, 2.75) is 6.92 Å². The predicted molar refractivity (Wildman–Crippen MR) is 70.9 cm³/mol. The topological polar surface area (TPSA) is 55.9 Å². The summed E-state index contributed by atoms with van der Waals surface area (Å²) in [6, 6.07) is 7.63. The summed E-state index contributed by atoms with van der Waals surface area (Å²) in [4.78, 5) is 0. The van der Waals surface area contributed by atoms with Crippen molar-refractivity contribution in [3.63, 3.8) is 0 Å². The molecule has 5 heteroatoms. The Balaban J connectivity index is 2.34. The van der Waals surface area contributed by atoms with E-state index in [1.54, 1.807) is 6.20 Å². The molecule has 0 radical (unpaired) electrons. The van der Waals surface area contributed by atoms with Crippen LogP contribution in [0.1, 0.15) is 5.69 Å². The highest BCUT2D eigenvalue weighted by Crippen LogP contribution is 2.23.